The van der Waals surface area contributed by atoms with Crippen molar-refractivity contribution in [3.63, 3.8) is 0 Å². The third kappa shape index (κ3) is 2.73. The van der Waals surface area contributed by atoms with Gasteiger partial charge in [-0.15, -0.1) is 11.3 Å². The Labute approximate surface area is 122 Å². The first kappa shape index (κ1) is 13.6. The highest BCUT2D eigenvalue weighted by Gasteiger charge is 2.28. The molecule has 1 heterocycles. The van der Waals surface area contributed by atoms with E-state index in [0.717, 1.165) is 37.0 Å². The van der Waals surface area contributed by atoms with Crippen molar-refractivity contribution in [1.82, 2.24) is 5.32 Å². The molecule has 1 saturated carbocycles. The van der Waals surface area contributed by atoms with E-state index in [2.05, 4.69) is 5.32 Å². The van der Waals surface area contributed by atoms with Crippen LogP contribution in [0.2, 0.25) is 0 Å². The summed E-state index contributed by atoms with van der Waals surface area (Å²) in [5.41, 5.74) is 1.33. The molecule has 0 spiro atoms. The zero-order valence-corrected chi connectivity index (χ0v) is 12.2. The Morgan fingerprint density at radius 2 is 2.10 bits per heavy atom. The lowest BCUT2D eigenvalue weighted by Crippen LogP contribution is -2.39. The fourth-order valence-corrected chi connectivity index (χ4v) is 4.40. The topological polar surface area (TPSA) is 66.4 Å². The summed E-state index contributed by atoms with van der Waals surface area (Å²) < 4.78 is 0. The molecular weight excluding hydrogens is 274 g/mol. The van der Waals surface area contributed by atoms with E-state index < -0.39 is 5.97 Å². The number of carbonyl (C=O) groups is 2. The molecule has 2 aliphatic rings. The molecule has 1 aromatic rings. The van der Waals surface area contributed by atoms with Crippen LogP contribution in [-0.2, 0) is 17.6 Å². The Morgan fingerprint density at radius 1 is 1.25 bits per heavy atom. The molecule has 2 unspecified atom stereocenters. The summed E-state index contributed by atoms with van der Waals surface area (Å²) in [5.74, 6) is -1.07. The zero-order chi connectivity index (χ0) is 14.1. The first-order valence-corrected chi connectivity index (χ1v) is 8.10. The highest BCUT2D eigenvalue weighted by molar-refractivity contribution is 7.14. The normalized spacial score (nSPS) is 25.2. The van der Waals surface area contributed by atoms with E-state index in [0.29, 0.717) is 6.42 Å². The van der Waals surface area contributed by atoms with Crippen molar-refractivity contribution in [3.8, 4) is 0 Å². The average Bonchev–Trinajstić information content (AvgIpc) is 2.99. The molecule has 4 nitrogen and oxygen atoms in total. The molecule has 2 aliphatic carbocycles. The zero-order valence-electron chi connectivity index (χ0n) is 11.4. The summed E-state index contributed by atoms with van der Waals surface area (Å²) >= 11 is 1.60. The van der Waals surface area contributed by atoms with Gasteiger partial charge in [-0.25, -0.2) is 0 Å². The van der Waals surface area contributed by atoms with E-state index in [4.69, 9.17) is 5.11 Å². The second-order valence-electron chi connectivity index (χ2n) is 5.78. The van der Waals surface area contributed by atoms with Crippen LogP contribution in [0, 0.1) is 5.92 Å². The number of aryl methyl sites for hydroxylation is 2. The lowest BCUT2D eigenvalue weighted by molar-refractivity contribution is -0.143. The fraction of sp³-hybridized carbons (Fsp3) is 0.600. The number of carboxylic acid groups (broad SMARTS) is 1. The summed E-state index contributed by atoms with van der Waals surface area (Å²) in [4.78, 5) is 25.4. The molecule has 1 aromatic heterocycles. The van der Waals surface area contributed by atoms with Crippen molar-refractivity contribution in [1.29, 1.82) is 0 Å². The monoisotopic (exact) mass is 293 g/mol. The van der Waals surface area contributed by atoms with Crippen molar-refractivity contribution >= 4 is 23.2 Å². The fourth-order valence-electron chi connectivity index (χ4n) is 3.24. The van der Waals surface area contributed by atoms with Gasteiger partial charge in [0, 0.05) is 10.9 Å². The predicted molar refractivity (Wildman–Crippen MR) is 77.2 cm³/mol. The Morgan fingerprint density at radius 3 is 2.85 bits per heavy atom. The van der Waals surface area contributed by atoms with E-state index in [1.54, 1.807) is 11.3 Å². The maximum absolute atomic E-state index is 12.2. The van der Waals surface area contributed by atoms with Crippen LogP contribution in [-0.4, -0.2) is 23.0 Å². The number of rotatable bonds is 3. The van der Waals surface area contributed by atoms with Crippen molar-refractivity contribution in [3.05, 3.63) is 21.4 Å². The highest BCUT2D eigenvalue weighted by atomic mass is 32.1. The number of carbonyl (C=O) groups excluding carboxylic acids is 1. The molecule has 1 amide bonds. The number of hydrogen-bond donors (Lipinski definition) is 2. The summed E-state index contributed by atoms with van der Waals surface area (Å²) in [6, 6.07) is 2.02. The summed E-state index contributed by atoms with van der Waals surface area (Å²) in [7, 11) is 0. The molecule has 0 aliphatic heterocycles. The van der Waals surface area contributed by atoms with Gasteiger partial charge in [-0.2, -0.15) is 0 Å². The van der Waals surface area contributed by atoms with Gasteiger partial charge in [-0.05, 0) is 50.2 Å². The van der Waals surface area contributed by atoms with Crippen molar-refractivity contribution < 1.29 is 14.7 Å². The molecule has 0 radical (unpaired) electrons. The van der Waals surface area contributed by atoms with Gasteiger partial charge in [0.15, 0.2) is 0 Å². The maximum Gasteiger partial charge on any atom is 0.306 e. The number of aliphatic carboxylic acids is 1. The van der Waals surface area contributed by atoms with Gasteiger partial charge < -0.3 is 10.4 Å². The van der Waals surface area contributed by atoms with Crippen LogP contribution in [0.25, 0.3) is 0 Å². The Balaban J connectivity index is 1.62. The average molecular weight is 293 g/mol. The van der Waals surface area contributed by atoms with Gasteiger partial charge in [0.25, 0.3) is 5.91 Å². The summed E-state index contributed by atoms with van der Waals surface area (Å²) in [6.45, 7) is 0. The largest absolute Gasteiger partial charge is 0.481 e. The van der Waals surface area contributed by atoms with Gasteiger partial charge in [-0.1, -0.05) is 6.42 Å². The predicted octanol–water partition coefficient (Wildman–Crippen LogP) is 2.61. The van der Waals surface area contributed by atoms with Gasteiger partial charge >= 0.3 is 5.97 Å². The van der Waals surface area contributed by atoms with E-state index in [9.17, 15) is 9.59 Å². The van der Waals surface area contributed by atoms with E-state index in [-0.39, 0.29) is 17.9 Å². The third-order valence-electron chi connectivity index (χ3n) is 4.33. The Kier molecular flexibility index (Phi) is 3.78. The van der Waals surface area contributed by atoms with Gasteiger partial charge in [0.05, 0.1) is 10.8 Å². The smallest absolute Gasteiger partial charge is 0.306 e. The molecular formula is C15H19NO3S. The number of hydrogen-bond acceptors (Lipinski definition) is 3. The molecule has 1 fully saturated rings. The number of nitrogens with one attached hydrogen (secondary N) is 1. The maximum atomic E-state index is 12.2. The van der Waals surface area contributed by atoms with Crippen molar-refractivity contribution in [2.45, 2.75) is 51.0 Å². The van der Waals surface area contributed by atoms with E-state index >= 15 is 0 Å². The number of thiophene rings is 1. The molecule has 2 atom stereocenters. The molecule has 2 N–H and O–H groups in total. The van der Waals surface area contributed by atoms with Crippen LogP contribution in [0.4, 0.5) is 0 Å². The second kappa shape index (κ2) is 5.56. The number of amides is 1. The van der Waals surface area contributed by atoms with Crippen molar-refractivity contribution in [2.75, 3.05) is 0 Å². The van der Waals surface area contributed by atoms with Gasteiger partial charge in [0.1, 0.15) is 0 Å². The third-order valence-corrected chi connectivity index (χ3v) is 5.56. The van der Waals surface area contributed by atoms with Gasteiger partial charge in [0.2, 0.25) is 0 Å². The molecule has 0 saturated heterocycles. The SMILES string of the molecule is O=C(NC1CCCC(C(=O)O)C1)c1cc2c(s1)CCC2. The van der Waals surface area contributed by atoms with Crippen LogP contribution in [0.15, 0.2) is 6.07 Å². The number of fused-ring (bicyclic) bond motifs is 1. The Bertz CT molecular complexity index is 516. The molecule has 20 heavy (non-hydrogen) atoms. The van der Waals surface area contributed by atoms with E-state index in [1.807, 2.05) is 6.07 Å². The molecule has 0 bridgehead atoms. The summed E-state index contributed by atoms with van der Waals surface area (Å²) in [5, 5.41) is 12.1. The van der Waals surface area contributed by atoms with Crippen LogP contribution in [0.3, 0.4) is 0 Å². The molecule has 5 heteroatoms. The highest BCUT2D eigenvalue weighted by Crippen LogP contribution is 2.31. The molecule has 0 aromatic carbocycles. The standard InChI is InChI=1S/C15H19NO3S/c17-14(13-8-9-3-2-6-12(9)20-13)16-11-5-1-4-10(7-11)15(18)19/h8,10-11H,1-7H2,(H,16,17)(H,18,19). The quantitative estimate of drug-likeness (QED) is 0.900. The van der Waals surface area contributed by atoms with Crippen LogP contribution < -0.4 is 5.32 Å². The summed E-state index contributed by atoms with van der Waals surface area (Å²) in [6.07, 6.45) is 6.44. The Hall–Kier alpha value is -1.36. The van der Waals surface area contributed by atoms with Crippen LogP contribution in [0.1, 0.15) is 52.2 Å². The number of carboxylic acids is 1. The first-order chi connectivity index (χ1) is 9.63. The minimum atomic E-state index is -0.737. The van der Waals surface area contributed by atoms with Gasteiger partial charge in [-0.3, -0.25) is 9.59 Å². The lowest BCUT2D eigenvalue weighted by Gasteiger charge is -2.27. The van der Waals surface area contributed by atoms with E-state index in [1.165, 1.54) is 16.9 Å². The molecule has 108 valence electrons. The van der Waals surface area contributed by atoms with Crippen LogP contribution in [0.5, 0.6) is 0 Å². The van der Waals surface area contributed by atoms with Crippen molar-refractivity contribution in [2.24, 2.45) is 5.92 Å². The second-order valence-corrected chi connectivity index (χ2v) is 6.92. The van der Waals surface area contributed by atoms with Crippen LogP contribution >= 0.6 is 11.3 Å². The minimum Gasteiger partial charge on any atom is -0.481 e. The lowest BCUT2D eigenvalue weighted by atomic mass is 9.86. The molecule has 3 rings (SSSR count). The first-order valence-electron chi connectivity index (χ1n) is 7.28. The minimum absolute atomic E-state index is 0.00860.